The number of hydrogen-bond donors (Lipinski definition) is 3. The van der Waals surface area contributed by atoms with Gasteiger partial charge in [-0.2, -0.15) is 0 Å². The van der Waals surface area contributed by atoms with E-state index in [0.29, 0.717) is 17.8 Å². The molecule has 21 heavy (non-hydrogen) atoms. The molecule has 0 aliphatic rings. The second kappa shape index (κ2) is 7.63. The van der Waals surface area contributed by atoms with Gasteiger partial charge in [-0.05, 0) is 18.2 Å². The molecule has 0 heterocycles. The van der Waals surface area contributed by atoms with Crippen LogP contribution in [-0.4, -0.2) is 32.5 Å². The Morgan fingerprint density at radius 3 is 2.48 bits per heavy atom. The summed E-state index contributed by atoms with van der Waals surface area (Å²) >= 11 is 0. The zero-order chi connectivity index (χ0) is 15.9. The smallest absolute Gasteiger partial charge is 0.234 e. The molecular formula is C13H19N3O4S. The monoisotopic (exact) mass is 313 g/mol. The Balaban J connectivity index is 2.62. The highest BCUT2D eigenvalue weighted by atomic mass is 32.2. The molecule has 0 aliphatic heterocycles. The Labute approximate surface area is 124 Å². The van der Waals surface area contributed by atoms with Crippen LogP contribution in [0, 0.1) is 0 Å². The van der Waals surface area contributed by atoms with Crippen molar-refractivity contribution in [3.63, 3.8) is 0 Å². The maximum Gasteiger partial charge on any atom is 0.234 e. The van der Waals surface area contributed by atoms with Gasteiger partial charge < -0.3 is 10.6 Å². The van der Waals surface area contributed by atoms with Crippen LogP contribution >= 0.6 is 0 Å². The van der Waals surface area contributed by atoms with E-state index in [4.69, 9.17) is 0 Å². The van der Waals surface area contributed by atoms with Crippen LogP contribution in [0.3, 0.4) is 0 Å². The first-order chi connectivity index (χ1) is 9.82. The molecule has 0 bridgehead atoms. The maximum atomic E-state index is 11.9. The minimum absolute atomic E-state index is 0.0490. The molecule has 0 unspecified atom stereocenters. The van der Waals surface area contributed by atoms with Crippen molar-refractivity contribution in [3.05, 3.63) is 24.3 Å². The number of rotatable bonds is 7. The molecule has 0 saturated carbocycles. The first-order valence-electron chi connectivity index (χ1n) is 6.47. The third kappa shape index (κ3) is 6.75. The first kappa shape index (κ1) is 17.0. The van der Waals surface area contributed by atoms with Gasteiger partial charge in [-0.25, -0.2) is 8.42 Å². The largest absolute Gasteiger partial charge is 0.355 e. The van der Waals surface area contributed by atoms with E-state index in [1.807, 2.05) is 0 Å². The fraction of sp³-hybridized carbons (Fsp3) is 0.385. The van der Waals surface area contributed by atoms with Crippen LogP contribution in [0.2, 0.25) is 0 Å². The Morgan fingerprint density at radius 2 is 1.86 bits per heavy atom. The second-order valence-electron chi connectivity index (χ2n) is 4.39. The van der Waals surface area contributed by atoms with Crippen molar-refractivity contribution in [2.75, 3.05) is 22.3 Å². The van der Waals surface area contributed by atoms with E-state index in [9.17, 15) is 18.0 Å². The fourth-order valence-electron chi connectivity index (χ4n) is 1.54. The Morgan fingerprint density at radius 1 is 1.19 bits per heavy atom. The molecular weight excluding hydrogens is 294 g/mol. The average molecular weight is 313 g/mol. The van der Waals surface area contributed by atoms with Gasteiger partial charge in [0.25, 0.3) is 0 Å². The quantitative estimate of drug-likeness (QED) is 0.696. The summed E-state index contributed by atoms with van der Waals surface area (Å²) in [5.74, 6) is -0.654. The summed E-state index contributed by atoms with van der Waals surface area (Å²) in [4.78, 5) is 22.0. The van der Waals surface area contributed by atoms with Gasteiger partial charge in [-0.1, -0.05) is 13.0 Å². The molecule has 1 aromatic rings. The third-order valence-electron chi connectivity index (χ3n) is 2.47. The SMILES string of the molecule is CCC(=O)NCCS(=O)(=O)Nc1cccc(NC(C)=O)c1. The van der Waals surface area contributed by atoms with E-state index >= 15 is 0 Å². The van der Waals surface area contributed by atoms with E-state index in [1.165, 1.54) is 13.0 Å². The number of carbonyl (C=O) groups is 2. The van der Waals surface area contributed by atoms with Crippen molar-refractivity contribution in [2.24, 2.45) is 0 Å². The van der Waals surface area contributed by atoms with Gasteiger partial charge in [-0.15, -0.1) is 0 Å². The van der Waals surface area contributed by atoms with Crippen LogP contribution in [0.1, 0.15) is 20.3 Å². The predicted octanol–water partition coefficient (Wildman–Crippen LogP) is 0.913. The summed E-state index contributed by atoms with van der Waals surface area (Å²) in [6.07, 6.45) is 0.312. The van der Waals surface area contributed by atoms with E-state index in [1.54, 1.807) is 25.1 Å². The zero-order valence-corrected chi connectivity index (χ0v) is 12.8. The standard InChI is InChI=1S/C13H19N3O4S/c1-3-13(18)14-7-8-21(19,20)16-12-6-4-5-11(9-12)15-10(2)17/h4-6,9,16H,3,7-8H2,1-2H3,(H,14,18)(H,15,17). The van der Waals surface area contributed by atoms with Crippen molar-refractivity contribution in [2.45, 2.75) is 20.3 Å². The molecule has 1 rings (SSSR count). The molecule has 0 saturated heterocycles. The van der Waals surface area contributed by atoms with E-state index in [2.05, 4.69) is 15.4 Å². The van der Waals surface area contributed by atoms with Crippen LogP contribution in [0.25, 0.3) is 0 Å². The highest BCUT2D eigenvalue weighted by Crippen LogP contribution is 2.16. The number of anilines is 2. The van der Waals surface area contributed by atoms with Crippen LogP contribution < -0.4 is 15.4 Å². The summed E-state index contributed by atoms with van der Waals surface area (Å²) in [6.45, 7) is 3.11. The highest BCUT2D eigenvalue weighted by Gasteiger charge is 2.11. The summed E-state index contributed by atoms with van der Waals surface area (Å²) in [5.41, 5.74) is 0.852. The third-order valence-corrected chi connectivity index (χ3v) is 3.76. The molecule has 0 aromatic heterocycles. The molecule has 8 heteroatoms. The van der Waals surface area contributed by atoms with Crippen LogP contribution in [0.4, 0.5) is 11.4 Å². The minimum atomic E-state index is -3.56. The van der Waals surface area contributed by atoms with Crippen LogP contribution in [0.15, 0.2) is 24.3 Å². The fourth-order valence-corrected chi connectivity index (χ4v) is 2.50. The van der Waals surface area contributed by atoms with Crippen LogP contribution in [-0.2, 0) is 19.6 Å². The van der Waals surface area contributed by atoms with E-state index in [0.717, 1.165) is 0 Å². The summed E-state index contributed by atoms with van der Waals surface area (Å²) in [6, 6.07) is 6.37. The molecule has 1 aromatic carbocycles. The number of hydrogen-bond acceptors (Lipinski definition) is 4. The van der Waals surface area contributed by atoms with Crippen molar-refractivity contribution < 1.29 is 18.0 Å². The molecule has 0 radical (unpaired) electrons. The van der Waals surface area contributed by atoms with Gasteiger partial charge in [0.1, 0.15) is 0 Å². The molecule has 116 valence electrons. The number of amides is 2. The lowest BCUT2D eigenvalue weighted by molar-refractivity contribution is -0.120. The Bertz CT molecular complexity index is 614. The molecule has 2 amide bonds. The highest BCUT2D eigenvalue weighted by molar-refractivity contribution is 7.92. The van der Waals surface area contributed by atoms with Crippen molar-refractivity contribution >= 4 is 33.2 Å². The summed E-state index contributed by atoms with van der Waals surface area (Å²) in [5, 5.41) is 5.06. The number of nitrogens with one attached hydrogen (secondary N) is 3. The van der Waals surface area contributed by atoms with Crippen molar-refractivity contribution in [1.29, 1.82) is 0 Å². The molecule has 0 atom stereocenters. The van der Waals surface area contributed by atoms with Crippen molar-refractivity contribution in [3.8, 4) is 0 Å². The van der Waals surface area contributed by atoms with Gasteiger partial charge >= 0.3 is 0 Å². The molecule has 0 aliphatic carbocycles. The zero-order valence-electron chi connectivity index (χ0n) is 12.0. The van der Waals surface area contributed by atoms with Gasteiger partial charge in [0.05, 0.1) is 11.4 Å². The minimum Gasteiger partial charge on any atom is -0.355 e. The Hall–Kier alpha value is -2.09. The number of carbonyl (C=O) groups excluding carboxylic acids is 2. The Kier molecular flexibility index (Phi) is 6.16. The second-order valence-corrected chi connectivity index (χ2v) is 6.23. The topological polar surface area (TPSA) is 104 Å². The van der Waals surface area contributed by atoms with E-state index in [-0.39, 0.29) is 24.1 Å². The lowest BCUT2D eigenvalue weighted by Gasteiger charge is -2.10. The normalized spacial score (nSPS) is 10.8. The summed E-state index contributed by atoms with van der Waals surface area (Å²) < 4.78 is 26.1. The number of sulfonamides is 1. The lowest BCUT2D eigenvalue weighted by atomic mass is 10.3. The maximum absolute atomic E-state index is 11.9. The van der Waals surface area contributed by atoms with E-state index < -0.39 is 10.0 Å². The number of benzene rings is 1. The molecule has 0 fully saturated rings. The van der Waals surface area contributed by atoms with Gasteiger partial charge in [0.2, 0.25) is 21.8 Å². The van der Waals surface area contributed by atoms with Gasteiger partial charge in [0.15, 0.2) is 0 Å². The van der Waals surface area contributed by atoms with Crippen molar-refractivity contribution in [1.82, 2.24) is 5.32 Å². The van der Waals surface area contributed by atoms with Crippen LogP contribution in [0.5, 0.6) is 0 Å². The average Bonchev–Trinajstić information content (AvgIpc) is 2.37. The predicted molar refractivity (Wildman–Crippen MR) is 81.5 cm³/mol. The lowest BCUT2D eigenvalue weighted by Crippen LogP contribution is -2.30. The van der Waals surface area contributed by atoms with Gasteiger partial charge in [-0.3, -0.25) is 14.3 Å². The summed E-state index contributed by atoms with van der Waals surface area (Å²) in [7, 11) is -3.56. The molecule has 0 spiro atoms. The molecule has 3 N–H and O–H groups in total. The molecule has 7 nitrogen and oxygen atoms in total. The first-order valence-corrected chi connectivity index (χ1v) is 8.12. The van der Waals surface area contributed by atoms with Gasteiger partial charge in [0, 0.05) is 25.6 Å².